The van der Waals surface area contributed by atoms with Gasteiger partial charge in [0.25, 0.3) is 0 Å². The molecule has 0 saturated carbocycles. The van der Waals surface area contributed by atoms with Crippen molar-refractivity contribution >= 4 is 17.2 Å². The van der Waals surface area contributed by atoms with Crippen LogP contribution in [0.4, 0.5) is 0 Å². The Kier molecular flexibility index (Phi) is 64.8. The Hall–Kier alpha value is 0.380. The van der Waals surface area contributed by atoms with E-state index in [4.69, 9.17) is 29.4 Å². The van der Waals surface area contributed by atoms with Gasteiger partial charge in [0.2, 0.25) is 0 Å². The summed E-state index contributed by atoms with van der Waals surface area (Å²) in [5.41, 5.74) is 22.6. The summed E-state index contributed by atoms with van der Waals surface area (Å²) in [6, 6.07) is 0. The van der Waals surface area contributed by atoms with Gasteiger partial charge in [0, 0.05) is 0 Å². The van der Waals surface area contributed by atoms with Crippen molar-refractivity contribution in [3.63, 3.8) is 0 Å². The average molecular weight is 513 g/mol. The second-order valence-corrected chi connectivity index (χ2v) is 7.71. The Labute approximate surface area is 197 Å². The van der Waals surface area contributed by atoms with Gasteiger partial charge in [0.1, 0.15) is 0 Å². The summed E-state index contributed by atoms with van der Waals surface area (Å²) >= 11 is 0. The molecule has 18 N–H and O–H groups in total. The van der Waals surface area contributed by atoms with E-state index in [9.17, 15) is 0 Å². The van der Waals surface area contributed by atoms with Crippen LogP contribution in [0.3, 0.4) is 0 Å². The molecule has 0 aromatic carbocycles. The normalized spacial score (nSPS) is 9.56. The Morgan fingerprint density at radius 2 is 0.375 bits per heavy atom. The lowest BCUT2D eigenvalue weighted by atomic mass is 10.2. The number of hydrogen-bond donors (Lipinski definition) is 6. The molecular formula is C18H54N6O6P2. The Balaban J connectivity index is -0.0000000980. The zero-order valence-electron chi connectivity index (χ0n) is 20.3. The molecule has 0 heterocycles. The Bertz CT molecular complexity index is 210. The van der Waals surface area contributed by atoms with E-state index in [1.807, 2.05) is 0 Å². The summed E-state index contributed by atoms with van der Waals surface area (Å²) < 4.78 is 0. The van der Waals surface area contributed by atoms with Gasteiger partial charge in [0.15, 0.2) is 0 Å². The topological polar surface area (TPSA) is 304 Å². The molecular weight excluding hydrogens is 458 g/mol. The summed E-state index contributed by atoms with van der Waals surface area (Å²) in [4.78, 5) is 50.9. The minimum Gasteiger partial charge on any atom is -0.854 e. The molecule has 0 aliphatic rings. The molecule has 202 valence electrons. The van der Waals surface area contributed by atoms with E-state index in [0.29, 0.717) is 0 Å². The van der Waals surface area contributed by atoms with E-state index in [0.717, 1.165) is 39.3 Å². The first-order valence-corrected chi connectivity index (χ1v) is 13.8. The highest BCUT2D eigenvalue weighted by Gasteiger charge is 1.87. The molecule has 0 fully saturated rings. The van der Waals surface area contributed by atoms with E-state index in [1.54, 1.807) is 0 Å². The van der Waals surface area contributed by atoms with E-state index >= 15 is 0 Å². The molecule has 0 aromatic heterocycles. The summed E-state index contributed by atoms with van der Waals surface area (Å²) in [5, 5.41) is 0. The van der Waals surface area contributed by atoms with E-state index < -0.39 is 17.2 Å². The highest BCUT2D eigenvalue weighted by Crippen LogP contribution is 1.95. The first-order chi connectivity index (χ1) is 15.2. The minimum absolute atomic E-state index is 1.09. The molecule has 0 aromatic rings. The molecule has 32 heavy (non-hydrogen) atoms. The van der Waals surface area contributed by atoms with Crippen LogP contribution < -0.4 is 63.8 Å². The molecule has 0 rings (SSSR count). The van der Waals surface area contributed by atoms with Crippen LogP contribution in [0.5, 0.6) is 0 Å². The van der Waals surface area contributed by atoms with Crippen molar-refractivity contribution in [2.75, 3.05) is 39.3 Å². The zero-order chi connectivity index (χ0) is 25.9. The molecule has 0 bridgehead atoms. The van der Waals surface area contributed by atoms with Gasteiger partial charge < -0.3 is 81.0 Å². The van der Waals surface area contributed by atoms with Crippen molar-refractivity contribution in [2.24, 2.45) is 0 Å². The van der Waals surface area contributed by atoms with Gasteiger partial charge in [-0.25, -0.2) is 0 Å². The molecule has 0 amide bonds. The lowest BCUT2D eigenvalue weighted by molar-refractivity contribution is -0.410. The summed E-state index contributed by atoms with van der Waals surface area (Å²) in [6.45, 7) is 6.57. The van der Waals surface area contributed by atoms with E-state index in [-0.39, 0.29) is 0 Å². The number of quaternary nitrogens is 6. The highest BCUT2D eigenvalue weighted by atomic mass is 31.2. The van der Waals surface area contributed by atoms with Crippen LogP contribution in [0.2, 0.25) is 0 Å². The van der Waals surface area contributed by atoms with Crippen LogP contribution in [-0.2, 0) is 0 Å². The first-order valence-electron chi connectivity index (χ1n) is 11.6. The van der Waals surface area contributed by atoms with Crippen molar-refractivity contribution in [3.05, 3.63) is 0 Å². The fourth-order valence-corrected chi connectivity index (χ4v) is 2.12. The van der Waals surface area contributed by atoms with Gasteiger partial charge in [-0.05, 0) is 77.0 Å². The molecule has 0 radical (unpaired) electrons. The SMILES string of the molecule is [NH3+]CCCCCC[NH3+].[NH3+]CCCCCC[NH3+].[NH3+]CCCCCC[NH3+].[O-]P([O-])[O-].[O-]P([O-])[O-]. The van der Waals surface area contributed by atoms with Crippen molar-refractivity contribution in [2.45, 2.75) is 77.0 Å². The maximum absolute atomic E-state index is 8.48. The fraction of sp³-hybridized carbons (Fsp3) is 1.00. The lowest BCUT2D eigenvalue weighted by Crippen LogP contribution is -2.50. The lowest BCUT2D eigenvalue weighted by Gasteiger charge is -2.39. The van der Waals surface area contributed by atoms with Gasteiger partial charge in [-0.1, -0.05) is 0 Å². The third kappa shape index (κ3) is 111. The summed E-state index contributed by atoms with van der Waals surface area (Å²) in [7, 11) is -6.74. The molecule has 0 spiro atoms. The van der Waals surface area contributed by atoms with Crippen LogP contribution >= 0.6 is 17.2 Å². The molecule has 0 saturated heterocycles. The van der Waals surface area contributed by atoms with E-state index in [2.05, 4.69) is 34.4 Å². The Morgan fingerprint density at radius 1 is 0.281 bits per heavy atom. The van der Waals surface area contributed by atoms with Gasteiger partial charge >= 0.3 is 0 Å². The zero-order valence-corrected chi connectivity index (χ0v) is 22.1. The second-order valence-electron chi connectivity index (χ2n) is 6.81. The van der Waals surface area contributed by atoms with Crippen LogP contribution in [0.1, 0.15) is 77.0 Å². The standard InChI is InChI=1S/3C6H16N2.2O3P/c3*7-5-3-1-2-4-6-8;2*1-4(2)3/h3*1-8H2;;/q;;;2*-3/p+6. The molecule has 0 unspecified atom stereocenters. The van der Waals surface area contributed by atoms with Crippen molar-refractivity contribution in [3.8, 4) is 0 Å². The highest BCUT2D eigenvalue weighted by molar-refractivity contribution is 7.33. The predicted octanol–water partition coefficient (Wildman–Crippen LogP) is -8.32. The summed E-state index contributed by atoms with van der Waals surface area (Å²) in [5.74, 6) is 0. The van der Waals surface area contributed by atoms with Gasteiger partial charge in [-0.3, -0.25) is 0 Å². The fourth-order valence-electron chi connectivity index (χ4n) is 2.12. The molecule has 0 atom stereocenters. The molecule has 0 aliphatic heterocycles. The number of rotatable bonds is 15. The smallest absolute Gasteiger partial charge is 0.0739 e. The number of hydrogen-bond acceptors (Lipinski definition) is 6. The van der Waals surface area contributed by atoms with E-state index in [1.165, 1.54) is 77.0 Å². The largest absolute Gasteiger partial charge is 0.854 e. The van der Waals surface area contributed by atoms with Crippen LogP contribution in [0.15, 0.2) is 0 Å². The Morgan fingerprint density at radius 3 is 0.438 bits per heavy atom. The first kappa shape index (κ1) is 42.5. The van der Waals surface area contributed by atoms with Crippen LogP contribution in [0, 0.1) is 0 Å². The molecule has 12 nitrogen and oxygen atoms in total. The quantitative estimate of drug-likeness (QED) is 0.0912. The number of unbranched alkanes of at least 4 members (excludes halogenated alkanes) is 9. The third-order valence-corrected chi connectivity index (χ3v) is 3.75. The van der Waals surface area contributed by atoms with Gasteiger partial charge in [-0.15, -0.1) is 0 Å². The minimum atomic E-state index is -3.37. The van der Waals surface area contributed by atoms with Crippen molar-refractivity contribution in [1.29, 1.82) is 0 Å². The monoisotopic (exact) mass is 512 g/mol. The van der Waals surface area contributed by atoms with Crippen LogP contribution in [0.25, 0.3) is 0 Å². The molecule has 0 aliphatic carbocycles. The molecule has 14 heteroatoms. The van der Waals surface area contributed by atoms with Gasteiger partial charge in [0.05, 0.1) is 39.3 Å². The maximum Gasteiger partial charge on any atom is 0.0739 e. The summed E-state index contributed by atoms with van der Waals surface area (Å²) in [6.07, 6.45) is 15.8. The predicted molar refractivity (Wildman–Crippen MR) is 116 cm³/mol. The van der Waals surface area contributed by atoms with Crippen LogP contribution in [-0.4, -0.2) is 39.3 Å². The maximum atomic E-state index is 8.48. The third-order valence-electron chi connectivity index (χ3n) is 3.75. The van der Waals surface area contributed by atoms with Crippen molar-refractivity contribution < 1.29 is 63.8 Å². The average Bonchev–Trinajstić information content (AvgIpc) is 2.72. The second kappa shape index (κ2) is 48.7. The van der Waals surface area contributed by atoms with Crippen molar-refractivity contribution in [1.82, 2.24) is 0 Å². The van der Waals surface area contributed by atoms with Gasteiger partial charge in [-0.2, -0.15) is 0 Å².